The molecule has 30 heavy (non-hydrogen) atoms. The number of methoxy groups -OCH3 is 2. The van der Waals surface area contributed by atoms with Gasteiger partial charge in [-0.3, -0.25) is 0 Å². The second kappa shape index (κ2) is 9.15. The molecule has 0 saturated heterocycles. The highest BCUT2D eigenvalue weighted by atomic mass is 32.1. The van der Waals surface area contributed by atoms with Crippen molar-refractivity contribution >= 4 is 11.3 Å². The Hall–Kier alpha value is -3.09. The molecule has 2 aromatic carbocycles. The molecule has 4 aromatic rings. The first-order chi connectivity index (χ1) is 14.7. The van der Waals surface area contributed by atoms with E-state index in [0.717, 1.165) is 43.9 Å². The van der Waals surface area contributed by atoms with Crippen LogP contribution in [-0.2, 0) is 11.5 Å². The third-order valence-corrected chi connectivity index (χ3v) is 5.95. The van der Waals surface area contributed by atoms with E-state index in [-0.39, 0.29) is 0 Å². The molecule has 2 heterocycles. The van der Waals surface area contributed by atoms with Gasteiger partial charge in [-0.25, -0.2) is 4.98 Å². The Balaban J connectivity index is 1.81. The molecule has 4 rings (SSSR count). The second-order valence-electron chi connectivity index (χ2n) is 6.64. The summed E-state index contributed by atoms with van der Waals surface area (Å²) in [5, 5.41) is 0.955. The number of benzene rings is 2. The number of aromatic nitrogens is 2. The summed E-state index contributed by atoms with van der Waals surface area (Å²) >= 11 is 1.68. The molecule has 0 aliphatic rings. The summed E-state index contributed by atoms with van der Waals surface area (Å²) in [6.07, 6.45) is 2.02. The van der Waals surface area contributed by atoms with Gasteiger partial charge < -0.3 is 18.8 Å². The summed E-state index contributed by atoms with van der Waals surface area (Å²) in [7, 11) is 3.35. The average Bonchev–Trinajstić information content (AvgIpc) is 3.45. The van der Waals surface area contributed by atoms with Gasteiger partial charge in [0.15, 0.2) is 0 Å². The molecule has 0 N–H and O–H groups in total. The summed E-state index contributed by atoms with van der Waals surface area (Å²) in [5.41, 5.74) is 4.15. The van der Waals surface area contributed by atoms with Crippen LogP contribution in [0.1, 0.15) is 6.92 Å². The van der Waals surface area contributed by atoms with E-state index in [0.29, 0.717) is 13.3 Å². The number of hydrogen-bond donors (Lipinski definition) is 0. The summed E-state index contributed by atoms with van der Waals surface area (Å²) in [4.78, 5) is 6.15. The first-order valence-corrected chi connectivity index (χ1v) is 10.6. The van der Waals surface area contributed by atoms with Crippen molar-refractivity contribution in [2.24, 2.45) is 0 Å². The molecular weight excluding hydrogens is 396 g/mol. The SMILES string of the molecule is CCOCn1cccc1-c1nc(-c2ccc(OC)cc2)c(-c2ccc(OC)cc2)s1. The molecule has 0 unspecified atom stereocenters. The average molecular weight is 421 g/mol. The Morgan fingerprint density at radius 1 is 0.867 bits per heavy atom. The lowest BCUT2D eigenvalue weighted by molar-refractivity contribution is 0.0892. The fourth-order valence-electron chi connectivity index (χ4n) is 3.22. The van der Waals surface area contributed by atoms with E-state index in [4.69, 9.17) is 19.2 Å². The standard InChI is InChI=1S/C24H24N2O3S/c1-4-29-16-26-15-5-6-21(26)24-25-22(17-7-11-19(27-2)12-8-17)23(30-24)18-9-13-20(28-3)14-10-18/h5-15H,4,16H2,1-3H3. The highest BCUT2D eigenvalue weighted by molar-refractivity contribution is 7.18. The predicted octanol–water partition coefficient (Wildman–Crippen LogP) is 5.96. The maximum Gasteiger partial charge on any atom is 0.141 e. The number of rotatable bonds is 8. The van der Waals surface area contributed by atoms with Crippen LogP contribution in [0.5, 0.6) is 11.5 Å². The van der Waals surface area contributed by atoms with Crippen molar-refractivity contribution in [3.8, 4) is 43.9 Å². The van der Waals surface area contributed by atoms with E-state index in [1.807, 2.05) is 55.6 Å². The number of hydrogen-bond acceptors (Lipinski definition) is 5. The molecule has 6 heteroatoms. The van der Waals surface area contributed by atoms with Crippen molar-refractivity contribution in [2.75, 3.05) is 20.8 Å². The fourth-order valence-corrected chi connectivity index (χ4v) is 4.36. The minimum absolute atomic E-state index is 0.508. The molecule has 0 aliphatic heterocycles. The van der Waals surface area contributed by atoms with Gasteiger partial charge in [0.05, 0.1) is 30.5 Å². The molecule has 0 saturated carbocycles. The van der Waals surface area contributed by atoms with Gasteiger partial charge in [0, 0.05) is 18.4 Å². The van der Waals surface area contributed by atoms with Crippen LogP contribution in [0.15, 0.2) is 66.9 Å². The van der Waals surface area contributed by atoms with E-state index < -0.39 is 0 Å². The van der Waals surface area contributed by atoms with Gasteiger partial charge in [-0.2, -0.15) is 0 Å². The molecule has 0 bridgehead atoms. The van der Waals surface area contributed by atoms with Gasteiger partial charge in [0.1, 0.15) is 23.2 Å². The molecule has 2 aromatic heterocycles. The monoisotopic (exact) mass is 420 g/mol. The van der Waals surface area contributed by atoms with E-state index in [1.165, 1.54) is 0 Å². The Morgan fingerprint density at radius 3 is 2.10 bits per heavy atom. The zero-order valence-electron chi connectivity index (χ0n) is 17.3. The fraction of sp³-hybridized carbons (Fsp3) is 0.208. The molecule has 0 aliphatic carbocycles. The third kappa shape index (κ3) is 4.10. The molecule has 154 valence electrons. The van der Waals surface area contributed by atoms with E-state index in [1.54, 1.807) is 25.6 Å². The first-order valence-electron chi connectivity index (χ1n) is 9.76. The van der Waals surface area contributed by atoms with E-state index in [9.17, 15) is 0 Å². The van der Waals surface area contributed by atoms with Crippen LogP contribution in [0.25, 0.3) is 32.4 Å². The third-order valence-electron chi connectivity index (χ3n) is 4.83. The first kappa shape index (κ1) is 20.2. The Morgan fingerprint density at radius 2 is 1.50 bits per heavy atom. The maximum atomic E-state index is 5.61. The number of thiazole rings is 1. The van der Waals surface area contributed by atoms with Gasteiger partial charge in [0.25, 0.3) is 0 Å². The van der Waals surface area contributed by atoms with Crippen LogP contribution in [0.4, 0.5) is 0 Å². The van der Waals surface area contributed by atoms with Gasteiger partial charge in [-0.1, -0.05) is 0 Å². The summed E-state index contributed by atoms with van der Waals surface area (Å²) < 4.78 is 18.3. The lowest BCUT2D eigenvalue weighted by Gasteiger charge is -2.06. The Kier molecular flexibility index (Phi) is 6.16. The molecule has 0 atom stereocenters. The van der Waals surface area contributed by atoms with Crippen molar-refractivity contribution < 1.29 is 14.2 Å². The molecule has 0 amide bonds. The number of nitrogens with zero attached hydrogens (tertiary/aromatic N) is 2. The zero-order chi connectivity index (χ0) is 20.9. The van der Waals surface area contributed by atoms with Gasteiger partial charge in [-0.15, -0.1) is 11.3 Å². The van der Waals surface area contributed by atoms with Crippen molar-refractivity contribution in [3.63, 3.8) is 0 Å². The highest BCUT2D eigenvalue weighted by Crippen LogP contribution is 2.41. The highest BCUT2D eigenvalue weighted by Gasteiger charge is 2.18. The quantitative estimate of drug-likeness (QED) is 0.353. The summed E-state index contributed by atoms with van der Waals surface area (Å²) in [5.74, 6) is 1.66. The molecular formula is C24H24N2O3S. The summed E-state index contributed by atoms with van der Waals surface area (Å²) in [6, 6.07) is 20.2. The normalized spacial score (nSPS) is 10.9. The smallest absolute Gasteiger partial charge is 0.141 e. The molecule has 0 fully saturated rings. The Labute approximate surface area is 180 Å². The molecule has 0 spiro atoms. The van der Waals surface area contributed by atoms with E-state index in [2.05, 4.69) is 22.8 Å². The number of ether oxygens (including phenoxy) is 3. The van der Waals surface area contributed by atoms with Gasteiger partial charge in [-0.05, 0) is 73.2 Å². The Bertz CT molecular complexity index is 1030. The largest absolute Gasteiger partial charge is 0.497 e. The van der Waals surface area contributed by atoms with Gasteiger partial charge >= 0.3 is 0 Å². The molecule has 5 nitrogen and oxygen atoms in total. The second-order valence-corrected chi connectivity index (χ2v) is 7.64. The van der Waals surface area contributed by atoms with Crippen LogP contribution in [0, 0.1) is 0 Å². The van der Waals surface area contributed by atoms with E-state index >= 15 is 0 Å². The van der Waals surface area contributed by atoms with Crippen molar-refractivity contribution in [2.45, 2.75) is 13.7 Å². The minimum Gasteiger partial charge on any atom is -0.497 e. The summed E-state index contributed by atoms with van der Waals surface area (Å²) in [6.45, 7) is 3.17. The van der Waals surface area contributed by atoms with Crippen molar-refractivity contribution in [1.29, 1.82) is 0 Å². The van der Waals surface area contributed by atoms with Gasteiger partial charge in [0.2, 0.25) is 0 Å². The predicted molar refractivity (Wildman–Crippen MR) is 121 cm³/mol. The maximum absolute atomic E-state index is 5.61. The van der Waals surface area contributed by atoms with Crippen LogP contribution in [0.3, 0.4) is 0 Å². The van der Waals surface area contributed by atoms with Crippen molar-refractivity contribution in [3.05, 3.63) is 66.9 Å². The minimum atomic E-state index is 0.508. The van der Waals surface area contributed by atoms with Crippen molar-refractivity contribution in [1.82, 2.24) is 9.55 Å². The van der Waals surface area contributed by atoms with Crippen LogP contribution in [-0.4, -0.2) is 30.4 Å². The van der Waals surface area contributed by atoms with Crippen LogP contribution in [0.2, 0.25) is 0 Å². The lowest BCUT2D eigenvalue weighted by atomic mass is 10.1. The molecule has 0 radical (unpaired) electrons. The van der Waals surface area contributed by atoms with Crippen LogP contribution < -0.4 is 9.47 Å². The van der Waals surface area contributed by atoms with Crippen LogP contribution >= 0.6 is 11.3 Å². The lowest BCUT2D eigenvalue weighted by Crippen LogP contribution is -2.02. The zero-order valence-corrected chi connectivity index (χ0v) is 18.1. The topological polar surface area (TPSA) is 45.5 Å².